The average Bonchev–Trinajstić information content (AvgIpc) is 2.84. The second-order valence-corrected chi connectivity index (χ2v) is 13.1. The molecular weight excluding hydrogens is 573 g/mol. The third-order valence-corrected chi connectivity index (χ3v) is 8.99. The van der Waals surface area contributed by atoms with Gasteiger partial charge < -0.3 is 13.7 Å². The first-order valence-electron chi connectivity index (χ1n) is 11.2. The van der Waals surface area contributed by atoms with Crippen LogP contribution in [-0.4, -0.2) is 47.2 Å². The van der Waals surface area contributed by atoms with E-state index in [-0.39, 0.29) is 14.7 Å². The Bertz CT molecular complexity index is 1420. The molecule has 18 heteroatoms. The highest BCUT2D eigenvalue weighted by molar-refractivity contribution is 7.88. The lowest BCUT2D eigenvalue weighted by Gasteiger charge is -2.27. The topological polar surface area (TPSA) is 158 Å². The summed E-state index contributed by atoms with van der Waals surface area (Å²) in [6, 6.07) is 16.7. The molecule has 0 N–H and O–H groups in total. The Kier molecular flexibility index (Phi) is 8.70. The van der Waals surface area contributed by atoms with Crippen molar-refractivity contribution in [3.05, 3.63) is 89.5 Å². The number of hydrogen-bond acceptors (Lipinski definition) is 12. The summed E-state index contributed by atoms with van der Waals surface area (Å²) in [7, 11) is -20.3. The fourth-order valence-electron chi connectivity index (χ4n) is 3.10. The molecule has 0 atom stereocenters. The van der Waals surface area contributed by atoms with E-state index < -0.39 is 52.3 Å². The largest absolute Gasteiger partial charge is 0.630 e. The van der Waals surface area contributed by atoms with Gasteiger partial charge in [-0.15, -0.1) is 0 Å². The SMILES string of the molecule is Cc1ccc(S(=O)(=O)OB2OB(OS(=O)(=O)c3ccc(C)cc3)OB(OS(=O)(=O)c3ccc(C)cc3)O2)cc1. The van der Waals surface area contributed by atoms with Crippen LogP contribution in [0.25, 0.3) is 0 Å². The first-order valence-corrected chi connectivity index (χ1v) is 15.4. The van der Waals surface area contributed by atoms with Gasteiger partial charge in [0.05, 0.1) is 14.7 Å². The zero-order valence-electron chi connectivity index (χ0n) is 20.8. The van der Waals surface area contributed by atoms with Crippen molar-refractivity contribution in [2.45, 2.75) is 35.5 Å². The molecule has 0 radical (unpaired) electrons. The maximum absolute atomic E-state index is 12.8. The Morgan fingerprint density at radius 2 is 0.641 bits per heavy atom. The van der Waals surface area contributed by atoms with Crippen LogP contribution >= 0.6 is 0 Å². The molecule has 4 rings (SSSR count). The van der Waals surface area contributed by atoms with E-state index in [9.17, 15) is 25.3 Å². The monoisotopic (exact) mass is 594 g/mol. The first kappa shape index (κ1) is 29.4. The highest BCUT2D eigenvalue weighted by Gasteiger charge is 2.52. The van der Waals surface area contributed by atoms with E-state index in [0.29, 0.717) is 0 Å². The summed E-state index contributed by atoms with van der Waals surface area (Å²) in [6.45, 7) is 5.23. The molecular formula is C21H21B3O12S3. The van der Waals surface area contributed by atoms with Crippen molar-refractivity contribution in [1.82, 2.24) is 0 Å². The maximum Gasteiger partial charge on any atom is 0.630 e. The molecule has 1 aliphatic rings. The predicted octanol–water partition coefficient (Wildman–Crippen LogP) is 2.15. The quantitative estimate of drug-likeness (QED) is 0.333. The van der Waals surface area contributed by atoms with Gasteiger partial charge in [0.15, 0.2) is 0 Å². The Morgan fingerprint density at radius 1 is 0.436 bits per heavy atom. The van der Waals surface area contributed by atoms with Crippen LogP contribution in [0.3, 0.4) is 0 Å². The van der Waals surface area contributed by atoms with E-state index >= 15 is 0 Å². The summed E-state index contributed by atoms with van der Waals surface area (Å²) in [5, 5.41) is 0. The second kappa shape index (κ2) is 11.5. The van der Waals surface area contributed by atoms with E-state index in [1.807, 2.05) is 0 Å². The van der Waals surface area contributed by atoms with Crippen LogP contribution < -0.4 is 0 Å². The van der Waals surface area contributed by atoms with Gasteiger partial charge in [-0.3, -0.25) is 12.3 Å². The van der Waals surface area contributed by atoms with Crippen LogP contribution in [0, 0.1) is 20.8 Å². The van der Waals surface area contributed by atoms with Crippen molar-refractivity contribution in [2.75, 3.05) is 0 Å². The molecule has 3 aromatic rings. The van der Waals surface area contributed by atoms with Gasteiger partial charge in [0.1, 0.15) is 0 Å². The summed E-state index contributed by atoms with van der Waals surface area (Å²) in [5.41, 5.74) is 2.33. The fourth-order valence-corrected chi connectivity index (χ4v) is 5.73. The minimum atomic E-state index is -4.54. The Labute approximate surface area is 228 Å². The fraction of sp³-hybridized carbons (Fsp3) is 0.143. The lowest BCUT2D eigenvalue weighted by molar-refractivity contribution is 0.151. The second-order valence-electron chi connectivity index (χ2n) is 8.36. The molecule has 0 saturated carbocycles. The molecule has 39 heavy (non-hydrogen) atoms. The van der Waals surface area contributed by atoms with Crippen LogP contribution in [0.1, 0.15) is 16.7 Å². The lowest BCUT2D eigenvalue weighted by Crippen LogP contribution is -2.54. The van der Waals surface area contributed by atoms with E-state index in [0.717, 1.165) is 16.7 Å². The van der Waals surface area contributed by atoms with Crippen molar-refractivity contribution >= 4 is 52.3 Å². The van der Waals surface area contributed by atoms with E-state index in [1.54, 1.807) is 20.8 Å². The third-order valence-electron chi connectivity index (χ3n) is 5.21. The predicted molar refractivity (Wildman–Crippen MR) is 139 cm³/mol. The smallest absolute Gasteiger partial charge is 0.399 e. The molecule has 12 nitrogen and oxygen atoms in total. The number of benzene rings is 3. The molecule has 204 valence electrons. The molecule has 0 spiro atoms. The van der Waals surface area contributed by atoms with E-state index in [1.165, 1.54) is 72.8 Å². The lowest BCUT2D eigenvalue weighted by atomic mass is 9.98. The molecule has 0 amide bonds. The minimum absolute atomic E-state index is 0.277. The van der Waals surface area contributed by atoms with Gasteiger partial charge in [-0.25, -0.2) is 0 Å². The summed E-state index contributed by atoms with van der Waals surface area (Å²) in [4.78, 5) is -0.830. The summed E-state index contributed by atoms with van der Waals surface area (Å²) < 4.78 is 107. The Hall–Kier alpha value is -2.54. The molecule has 1 saturated heterocycles. The van der Waals surface area contributed by atoms with Crippen LogP contribution in [-0.2, 0) is 56.4 Å². The molecule has 0 aliphatic carbocycles. The van der Waals surface area contributed by atoms with Crippen molar-refractivity contribution in [2.24, 2.45) is 0 Å². The van der Waals surface area contributed by atoms with E-state index in [4.69, 9.17) is 26.0 Å². The van der Waals surface area contributed by atoms with Crippen LogP contribution in [0.2, 0.25) is 0 Å². The van der Waals surface area contributed by atoms with Gasteiger partial charge >= 0.3 is 22.0 Å². The van der Waals surface area contributed by atoms with Crippen LogP contribution in [0.4, 0.5) is 0 Å². The Balaban J connectivity index is 1.59. The molecule has 0 aromatic heterocycles. The number of aryl methyl sites for hydroxylation is 3. The zero-order valence-corrected chi connectivity index (χ0v) is 23.2. The maximum atomic E-state index is 12.8. The summed E-state index contributed by atoms with van der Waals surface area (Å²) >= 11 is 0. The number of rotatable bonds is 9. The van der Waals surface area contributed by atoms with E-state index in [2.05, 4.69) is 0 Å². The summed E-state index contributed by atoms with van der Waals surface area (Å²) in [6.07, 6.45) is 0. The standard InChI is InChI=1S/C21H21B3O12S3/c1-16-4-10-19(11-5-16)37(25,26)34-22-31-23(35-38(27,28)20-12-6-17(2)7-13-20)33-24(32-22)36-39(29,30)21-14-8-18(3)9-15-21/h4-15H,1-3H3. The van der Waals surface area contributed by atoms with Gasteiger partial charge in [0, 0.05) is 0 Å². The minimum Gasteiger partial charge on any atom is -0.399 e. The van der Waals surface area contributed by atoms with Gasteiger partial charge in [0.2, 0.25) is 0 Å². The molecule has 1 fully saturated rings. The molecule has 1 aliphatic heterocycles. The highest BCUT2D eigenvalue weighted by atomic mass is 32.2. The number of hydrogen-bond donors (Lipinski definition) is 0. The first-order chi connectivity index (χ1) is 18.2. The molecule has 1 heterocycles. The van der Waals surface area contributed by atoms with Crippen molar-refractivity contribution in [3.8, 4) is 0 Å². The van der Waals surface area contributed by atoms with Crippen molar-refractivity contribution in [3.63, 3.8) is 0 Å². The molecule has 0 unspecified atom stereocenters. The average molecular weight is 594 g/mol. The zero-order chi connectivity index (χ0) is 28.4. The molecule has 0 bridgehead atoms. The third kappa shape index (κ3) is 7.56. The van der Waals surface area contributed by atoms with Gasteiger partial charge in [-0.05, 0) is 57.2 Å². The Morgan fingerprint density at radius 3 is 0.846 bits per heavy atom. The van der Waals surface area contributed by atoms with Gasteiger partial charge in [-0.2, -0.15) is 25.3 Å². The van der Waals surface area contributed by atoms with Crippen LogP contribution in [0.15, 0.2) is 87.5 Å². The molecule has 3 aromatic carbocycles. The normalized spacial score (nSPS) is 15.0. The summed E-state index contributed by atoms with van der Waals surface area (Å²) in [5.74, 6) is 0. The van der Waals surface area contributed by atoms with Crippen molar-refractivity contribution < 1.29 is 51.3 Å². The van der Waals surface area contributed by atoms with Crippen LogP contribution in [0.5, 0.6) is 0 Å². The van der Waals surface area contributed by atoms with Crippen molar-refractivity contribution in [1.29, 1.82) is 0 Å². The highest BCUT2D eigenvalue weighted by Crippen LogP contribution is 2.23. The van der Waals surface area contributed by atoms with Gasteiger partial charge in [-0.1, -0.05) is 53.1 Å². The van der Waals surface area contributed by atoms with Gasteiger partial charge in [0.25, 0.3) is 30.4 Å².